The van der Waals surface area contributed by atoms with Gasteiger partial charge in [-0.3, -0.25) is 4.68 Å². The number of benzene rings is 1. The molecule has 35 heavy (non-hydrogen) atoms. The number of carbonyl (C=O) groups is 1. The third-order valence-electron chi connectivity index (χ3n) is 6.07. The summed E-state index contributed by atoms with van der Waals surface area (Å²) >= 11 is 0. The van der Waals surface area contributed by atoms with Crippen molar-refractivity contribution in [1.29, 1.82) is 0 Å². The smallest absolute Gasteiger partial charge is 0.416 e. The van der Waals surface area contributed by atoms with Gasteiger partial charge in [0.2, 0.25) is 5.82 Å². The second kappa shape index (κ2) is 8.36. The lowest BCUT2D eigenvalue weighted by Gasteiger charge is -2.16. The average Bonchev–Trinajstić information content (AvgIpc) is 3.47. The summed E-state index contributed by atoms with van der Waals surface area (Å²) in [5, 5.41) is 17.1. The van der Waals surface area contributed by atoms with Crippen molar-refractivity contribution in [3.05, 3.63) is 53.6 Å². The van der Waals surface area contributed by atoms with Gasteiger partial charge in [0.1, 0.15) is 11.3 Å². The molecule has 1 fully saturated rings. The number of aromatic carboxylic acids is 1. The predicted octanol–water partition coefficient (Wildman–Crippen LogP) is 4.20. The normalized spacial score (nSPS) is 14.9. The molecule has 1 aliphatic rings. The van der Waals surface area contributed by atoms with Crippen LogP contribution in [0.15, 0.2) is 36.7 Å². The predicted molar refractivity (Wildman–Crippen MR) is 121 cm³/mol. The average molecular weight is 485 g/mol. The van der Waals surface area contributed by atoms with E-state index in [0.29, 0.717) is 34.2 Å². The van der Waals surface area contributed by atoms with Crippen LogP contribution >= 0.6 is 0 Å². The number of fused-ring (bicyclic) bond motifs is 1. The molecular formula is C23H22F3N7O2. The Balaban J connectivity index is 1.67. The van der Waals surface area contributed by atoms with Crippen LogP contribution in [0.3, 0.4) is 0 Å². The van der Waals surface area contributed by atoms with Crippen LogP contribution in [0, 0.1) is 5.92 Å². The van der Waals surface area contributed by atoms with E-state index in [1.807, 2.05) is 6.92 Å². The SMILES string of the molecule is C[C@@H](Nc1nc(C(=O)O)nc2nc(-c3cnn(C)c3)n(Cc3ccc(C(F)(F)F)cc3)c12)C1CC1. The number of nitrogens with zero attached hydrogens (tertiary/aromatic N) is 6. The molecule has 0 aliphatic heterocycles. The van der Waals surface area contributed by atoms with Gasteiger partial charge in [0, 0.05) is 25.8 Å². The van der Waals surface area contributed by atoms with Crippen LogP contribution in [0.2, 0.25) is 0 Å². The van der Waals surface area contributed by atoms with Gasteiger partial charge in [0.15, 0.2) is 11.5 Å². The monoisotopic (exact) mass is 485 g/mol. The number of carboxylic acids is 1. The minimum atomic E-state index is -4.43. The van der Waals surface area contributed by atoms with E-state index in [4.69, 9.17) is 0 Å². The van der Waals surface area contributed by atoms with Gasteiger partial charge in [-0.05, 0) is 43.4 Å². The lowest BCUT2D eigenvalue weighted by Crippen LogP contribution is -2.20. The minimum absolute atomic E-state index is 0.0472. The van der Waals surface area contributed by atoms with Crippen LogP contribution in [0.5, 0.6) is 0 Å². The van der Waals surface area contributed by atoms with E-state index in [2.05, 4.69) is 25.4 Å². The Morgan fingerprint density at radius 1 is 1.20 bits per heavy atom. The van der Waals surface area contributed by atoms with Crippen molar-refractivity contribution in [3.63, 3.8) is 0 Å². The molecule has 182 valence electrons. The van der Waals surface area contributed by atoms with Gasteiger partial charge < -0.3 is 15.0 Å². The molecule has 1 aromatic carbocycles. The molecule has 0 spiro atoms. The van der Waals surface area contributed by atoms with Crippen molar-refractivity contribution in [1.82, 2.24) is 29.3 Å². The summed E-state index contributed by atoms with van der Waals surface area (Å²) in [5.41, 5.74) is 1.16. The van der Waals surface area contributed by atoms with Crippen LogP contribution in [0.25, 0.3) is 22.6 Å². The molecule has 0 bridgehead atoms. The molecule has 3 heterocycles. The number of aromatic nitrogens is 6. The Kier molecular flexibility index (Phi) is 5.45. The number of halogens is 3. The number of hydrogen-bond acceptors (Lipinski definition) is 6. The zero-order valence-corrected chi connectivity index (χ0v) is 18.9. The van der Waals surface area contributed by atoms with Crippen molar-refractivity contribution >= 4 is 23.0 Å². The van der Waals surface area contributed by atoms with Gasteiger partial charge in [0.05, 0.1) is 17.3 Å². The first-order valence-corrected chi connectivity index (χ1v) is 11.0. The van der Waals surface area contributed by atoms with Gasteiger partial charge >= 0.3 is 12.1 Å². The maximum absolute atomic E-state index is 13.0. The molecule has 0 radical (unpaired) electrons. The van der Waals surface area contributed by atoms with Crippen molar-refractivity contribution < 1.29 is 23.1 Å². The number of rotatable bonds is 7. The number of alkyl halides is 3. The van der Waals surface area contributed by atoms with Gasteiger partial charge in [-0.25, -0.2) is 19.7 Å². The number of imidazole rings is 1. The highest BCUT2D eigenvalue weighted by Crippen LogP contribution is 2.36. The molecule has 1 aliphatic carbocycles. The maximum Gasteiger partial charge on any atom is 0.416 e. The Morgan fingerprint density at radius 2 is 1.91 bits per heavy atom. The number of aryl methyl sites for hydroxylation is 1. The van der Waals surface area contributed by atoms with Gasteiger partial charge in [0.25, 0.3) is 0 Å². The highest BCUT2D eigenvalue weighted by Gasteiger charge is 2.31. The van der Waals surface area contributed by atoms with Gasteiger partial charge in [-0.2, -0.15) is 18.3 Å². The zero-order valence-electron chi connectivity index (χ0n) is 18.9. The van der Waals surface area contributed by atoms with Crippen molar-refractivity contribution in [2.45, 2.75) is 38.5 Å². The highest BCUT2D eigenvalue weighted by molar-refractivity contribution is 5.92. The summed E-state index contributed by atoms with van der Waals surface area (Å²) in [6.45, 7) is 2.17. The van der Waals surface area contributed by atoms with Crippen LogP contribution in [0.4, 0.5) is 19.0 Å². The molecule has 12 heteroatoms. The molecule has 0 amide bonds. The maximum atomic E-state index is 13.0. The van der Waals surface area contributed by atoms with E-state index < -0.39 is 17.7 Å². The summed E-state index contributed by atoms with van der Waals surface area (Å²) < 4.78 is 42.5. The first kappa shape index (κ1) is 22.8. The number of nitrogens with one attached hydrogen (secondary N) is 1. The standard InChI is InChI=1S/C23H22F3N7O2/c1-12(14-5-6-14)28-18-17-19(30-20(29-18)22(34)35)31-21(15-9-27-32(2)11-15)33(17)10-13-3-7-16(8-4-13)23(24,25)26/h3-4,7-9,11-12,14H,5-6,10H2,1-2H3,(H,34,35)(H,28,29,30)/t12-/m1/s1. The lowest BCUT2D eigenvalue weighted by molar-refractivity contribution is -0.137. The summed E-state index contributed by atoms with van der Waals surface area (Å²) in [4.78, 5) is 24.7. The molecule has 1 saturated carbocycles. The molecule has 4 aromatic rings. The zero-order chi connectivity index (χ0) is 24.9. The van der Waals surface area contributed by atoms with E-state index in [1.54, 1.807) is 28.7 Å². The first-order chi connectivity index (χ1) is 16.6. The molecule has 0 saturated heterocycles. The molecule has 5 rings (SSSR count). The third-order valence-corrected chi connectivity index (χ3v) is 6.07. The second-order valence-corrected chi connectivity index (χ2v) is 8.76. The van der Waals surface area contributed by atoms with E-state index in [9.17, 15) is 23.1 Å². The van der Waals surface area contributed by atoms with Gasteiger partial charge in [-0.1, -0.05) is 12.1 Å². The molecule has 3 aromatic heterocycles. The minimum Gasteiger partial charge on any atom is -0.475 e. The summed E-state index contributed by atoms with van der Waals surface area (Å²) in [6, 6.07) is 4.94. The summed E-state index contributed by atoms with van der Waals surface area (Å²) in [6.07, 6.45) is 1.06. The second-order valence-electron chi connectivity index (χ2n) is 8.76. The quantitative estimate of drug-likeness (QED) is 0.404. The Morgan fingerprint density at radius 3 is 2.49 bits per heavy atom. The Hall–Kier alpha value is -3.96. The van der Waals surface area contributed by atoms with Crippen molar-refractivity contribution in [2.75, 3.05) is 5.32 Å². The fraction of sp³-hybridized carbons (Fsp3) is 0.348. The molecule has 1 atom stereocenters. The van der Waals surface area contributed by atoms with Crippen molar-refractivity contribution in [2.24, 2.45) is 13.0 Å². The summed E-state index contributed by atoms with van der Waals surface area (Å²) in [7, 11) is 1.75. The summed E-state index contributed by atoms with van der Waals surface area (Å²) in [5.74, 6) is -0.445. The fourth-order valence-corrected chi connectivity index (χ4v) is 4.05. The van der Waals surface area contributed by atoms with Gasteiger partial charge in [-0.15, -0.1) is 0 Å². The number of hydrogen-bond donors (Lipinski definition) is 2. The lowest BCUT2D eigenvalue weighted by atomic mass is 10.1. The Bertz CT molecular complexity index is 1410. The topological polar surface area (TPSA) is 111 Å². The third kappa shape index (κ3) is 4.55. The fourth-order valence-electron chi connectivity index (χ4n) is 4.05. The van der Waals surface area contributed by atoms with E-state index in [1.165, 1.54) is 12.1 Å². The van der Waals surface area contributed by atoms with Crippen LogP contribution < -0.4 is 5.32 Å². The van der Waals surface area contributed by atoms with E-state index in [0.717, 1.165) is 25.0 Å². The largest absolute Gasteiger partial charge is 0.475 e. The van der Waals surface area contributed by atoms with Crippen molar-refractivity contribution in [3.8, 4) is 11.4 Å². The molecular weight excluding hydrogens is 463 g/mol. The van der Waals surface area contributed by atoms with E-state index in [-0.39, 0.29) is 24.1 Å². The molecule has 9 nitrogen and oxygen atoms in total. The molecule has 2 N–H and O–H groups in total. The van der Waals surface area contributed by atoms with E-state index >= 15 is 0 Å². The number of carboxylic acid groups (broad SMARTS) is 1. The van der Waals surface area contributed by atoms with Crippen LogP contribution in [-0.4, -0.2) is 46.4 Å². The Labute approximate surface area is 197 Å². The van der Waals surface area contributed by atoms with Crippen LogP contribution in [0.1, 0.15) is 41.5 Å². The first-order valence-electron chi connectivity index (χ1n) is 11.0. The number of anilines is 1. The van der Waals surface area contributed by atoms with Crippen LogP contribution in [-0.2, 0) is 19.8 Å². The molecule has 0 unspecified atom stereocenters. The highest BCUT2D eigenvalue weighted by atomic mass is 19.4.